The van der Waals surface area contributed by atoms with Crippen LogP contribution in [0.15, 0.2) is 24.3 Å². The highest BCUT2D eigenvalue weighted by Gasteiger charge is 2.57. The zero-order valence-corrected chi connectivity index (χ0v) is 17.0. The number of rotatable bonds is 4. The number of fused-ring (bicyclic) bond motifs is 2. The summed E-state index contributed by atoms with van der Waals surface area (Å²) in [6, 6.07) is 6.50. The Balaban J connectivity index is 1.50. The minimum atomic E-state index is -0.496. The molecule has 0 aliphatic carbocycles. The predicted molar refractivity (Wildman–Crippen MR) is 106 cm³/mol. The van der Waals surface area contributed by atoms with Gasteiger partial charge in [0, 0.05) is 50.7 Å². The predicted octanol–water partition coefficient (Wildman–Crippen LogP) is -0.672. The number of piperazine rings is 1. The van der Waals surface area contributed by atoms with Gasteiger partial charge in [-0.05, 0) is 24.6 Å². The molecule has 30 heavy (non-hydrogen) atoms. The molecule has 3 saturated heterocycles. The molecule has 2 atom stereocenters. The van der Waals surface area contributed by atoms with Crippen molar-refractivity contribution in [2.24, 2.45) is 0 Å². The molecule has 3 aliphatic heterocycles. The first kappa shape index (κ1) is 20.8. The van der Waals surface area contributed by atoms with Crippen LogP contribution in [0.25, 0.3) is 0 Å². The smallest absolute Gasteiger partial charge is 0.337 e. The number of amides is 2. The molecule has 1 spiro atoms. The Morgan fingerprint density at radius 2 is 1.83 bits per heavy atom. The quantitative estimate of drug-likeness (QED) is 0.625. The van der Waals surface area contributed by atoms with Gasteiger partial charge in [-0.15, -0.1) is 0 Å². The van der Waals surface area contributed by atoms with E-state index in [1.807, 2.05) is 0 Å². The van der Waals surface area contributed by atoms with Crippen molar-refractivity contribution in [3.05, 3.63) is 35.4 Å². The second-order valence-electron chi connectivity index (χ2n) is 8.40. The normalized spacial score (nSPS) is 25.0. The van der Waals surface area contributed by atoms with Gasteiger partial charge in [0.15, 0.2) is 0 Å². The van der Waals surface area contributed by atoms with Crippen LogP contribution < -0.4 is 0 Å². The molecule has 0 aromatic heterocycles. The molecule has 3 fully saturated rings. The third-order valence-electron chi connectivity index (χ3n) is 6.38. The van der Waals surface area contributed by atoms with Gasteiger partial charge in [0.05, 0.1) is 30.9 Å². The van der Waals surface area contributed by atoms with Crippen molar-refractivity contribution >= 4 is 17.8 Å². The van der Waals surface area contributed by atoms with Crippen LogP contribution in [-0.4, -0.2) is 107 Å². The van der Waals surface area contributed by atoms with Crippen molar-refractivity contribution in [3.8, 4) is 0 Å². The molecule has 2 amide bonds. The molecular formula is C21H27N3O6. The van der Waals surface area contributed by atoms with E-state index >= 15 is 0 Å². The molecule has 162 valence electrons. The molecule has 9 heteroatoms. The molecular weight excluding hydrogens is 390 g/mol. The topological polar surface area (TPSA) is 111 Å². The van der Waals surface area contributed by atoms with Gasteiger partial charge in [0.1, 0.15) is 0 Å². The fourth-order valence-electron chi connectivity index (χ4n) is 5.02. The van der Waals surface area contributed by atoms with Crippen LogP contribution in [0.4, 0.5) is 0 Å². The summed E-state index contributed by atoms with van der Waals surface area (Å²) in [7, 11) is 1.30. The van der Waals surface area contributed by atoms with E-state index in [1.54, 1.807) is 28.0 Å². The zero-order valence-electron chi connectivity index (χ0n) is 17.0. The van der Waals surface area contributed by atoms with Crippen molar-refractivity contribution in [1.29, 1.82) is 0 Å². The molecule has 0 bridgehead atoms. The number of β-amino-alcohol motifs (C(OH)–C–C–N with tert-alkyl or cyclic N) is 1. The van der Waals surface area contributed by atoms with Gasteiger partial charge in [-0.25, -0.2) is 4.79 Å². The molecule has 4 rings (SSSR count). The Morgan fingerprint density at radius 3 is 2.53 bits per heavy atom. The summed E-state index contributed by atoms with van der Waals surface area (Å²) in [6.45, 7) is 2.24. The van der Waals surface area contributed by atoms with Gasteiger partial charge < -0.3 is 24.7 Å². The third-order valence-corrected chi connectivity index (χ3v) is 6.38. The summed E-state index contributed by atoms with van der Waals surface area (Å²) in [4.78, 5) is 42.9. The highest BCUT2D eigenvalue weighted by molar-refractivity contribution is 5.98. The molecule has 3 aliphatic rings. The minimum Gasteiger partial charge on any atom is -0.465 e. The van der Waals surface area contributed by atoms with Gasteiger partial charge in [-0.3, -0.25) is 14.5 Å². The molecule has 0 saturated carbocycles. The second kappa shape index (κ2) is 7.98. The van der Waals surface area contributed by atoms with Crippen LogP contribution in [-0.2, 0) is 9.53 Å². The average Bonchev–Trinajstić information content (AvgIpc) is 3.11. The van der Waals surface area contributed by atoms with Crippen LogP contribution in [0.5, 0.6) is 0 Å². The number of hydrogen-bond donors (Lipinski definition) is 2. The standard InChI is InChI=1S/C21H27N3O6/c1-30-20(29)15-4-2-3-14(7-15)19(28)23-12-21(13-23)11-22(18(27)5-6-25)9-16-8-17(26)10-24(16)21/h2-4,7,16-17,25-26H,5-6,8-13H2,1H3. The van der Waals surface area contributed by atoms with E-state index in [2.05, 4.69) is 4.90 Å². The molecule has 9 nitrogen and oxygen atoms in total. The summed E-state index contributed by atoms with van der Waals surface area (Å²) >= 11 is 0. The number of ether oxygens (including phenoxy) is 1. The molecule has 0 radical (unpaired) electrons. The largest absolute Gasteiger partial charge is 0.465 e. The Labute approximate surface area is 174 Å². The Kier molecular flexibility index (Phi) is 5.52. The molecule has 2 unspecified atom stereocenters. The van der Waals surface area contributed by atoms with Crippen LogP contribution >= 0.6 is 0 Å². The Hall–Kier alpha value is -2.49. The zero-order chi connectivity index (χ0) is 21.5. The van der Waals surface area contributed by atoms with E-state index in [9.17, 15) is 19.5 Å². The number of benzene rings is 1. The maximum Gasteiger partial charge on any atom is 0.337 e. The number of carbonyl (C=O) groups excluding carboxylic acids is 3. The number of aliphatic hydroxyl groups excluding tert-OH is 2. The van der Waals surface area contributed by atoms with Crippen LogP contribution in [0, 0.1) is 0 Å². The lowest BCUT2D eigenvalue weighted by Gasteiger charge is -2.60. The monoisotopic (exact) mass is 417 g/mol. The number of hydrogen-bond acceptors (Lipinski definition) is 7. The maximum atomic E-state index is 13.0. The summed E-state index contributed by atoms with van der Waals surface area (Å²) in [6.07, 6.45) is 0.231. The number of methoxy groups -OCH3 is 1. The van der Waals surface area contributed by atoms with Crippen LogP contribution in [0.1, 0.15) is 33.6 Å². The summed E-state index contributed by atoms with van der Waals surface area (Å²) in [5, 5.41) is 19.3. The lowest BCUT2D eigenvalue weighted by Crippen LogP contribution is -2.79. The van der Waals surface area contributed by atoms with Crippen molar-refractivity contribution in [2.75, 3.05) is 46.4 Å². The van der Waals surface area contributed by atoms with Crippen molar-refractivity contribution in [2.45, 2.75) is 30.5 Å². The number of nitrogens with zero attached hydrogens (tertiary/aromatic N) is 3. The number of aliphatic hydroxyl groups is 2. The number of esters is 1. The van der Waals surface area contributed by atoms with Gasteiger partial charge in [0.25, 0.3) is 5.91 Å². The van der Waals surface area contributed by atoms with Gasteiger partial charge in [-0.2, -0.15) is 0 Å². The lowest BCUT2D eigenvalue weighted by molar-refractivity contribution is -0.147. The summed E-state index contributed by atoms with van der Waals surface area (Å²) < 4.78 is 4.72. The van der Waals surface area contributed by atoms with Crippen molar-refractivity contribution in [3.63, 3.8) is 0 Å². The van der Waals surface area contributed by atoms with E-state index in [1.165, 1.54) is 13.2 Å². The highest BCUT2D eigenvalue weighted by atomic mass is 16.5. The van der Waals surface area contributed by atoms with E-state index in [-0.39, 0.29) is 36.4 Å². The SMILES string of the molecule is COC(=O)c1cccc(C(=O)N2CC3(CN(C(=O)CCO)CC4CC(O)CN43)C2)c1. The molecule has 1 aromatic rings. The van der Waals surface area contributed by atoms with Gasteiger partial charge >= 0.3 is 5.97 Å². The number of carbonyl (C=O) groups is 3. The van der Waals surface area contributed by atoms with E-state index in [0.29, 0.717) is 50.3 Å². The lowest BCUT2D eigenvalue weighted by atomic mass is 9.83. The molecule has 2 N–H and O–H groups in total. The van der Waals surface area contributed by atoms with Crippen molar-refractivity contribution in [1.82, 2.24) is 14.7 Å². The average molecular weight is 417 g/mol. The first-order valence-corrected chi connectivity index (χ1v) is 10.2. The fourth-order valence-corrected chi connectivity index (χ4v) is 5.02. The van der Waals surface area contributed by atoms with E-state index in [4.69, 9.17) is 9.84 Å². The van der Waals surface area contributed by atoms with E-state index in [0.717, 1.165) is 0 Å². The van der Waals surface area contributed by atoms with E-state index < -0.39 is 12.1 Å². The molecule has 1 aromatic carbocycles. The summed E-state index contributed by atoms with van der Waals surface area (Å²) in [5.41, 5.74) is 0.343. The Bertz CT molecular complexity index is 853. The first-order chi connectivity index (χ1) is 14.4. The van der Waals surface area contributed by atoms with Crippen LogP contribution in [0.2, 0.25) is 0 Å². The minimum absolute atomic E-state index is 0.0521. The first-order valence-electron chi connectivity index (χ1n) is 10.2. The second-order valence-corrected chi connectivity index (χ2v) is 8.40. The molecule has 3 heterocycles. The summed E-state index contributed by atoms with van der Waals surface area (Å²) in [5.74, 6) is -0.779. The van der Waals surface area contributed by atoms with Gasteiger partial charge in [-0.1, -0.05) is 6.07 Å². The van der Waals surface area contributed by atoms with Crippen molar-refractivity contribution < 1.29 is 29.3 Å². The maximum absolute atomic E-state index is 13.0. The number of likely N-dealkylation sites (tertiary alicyclic amines) is 1. The Morgan fingerprint density at radius 1 is 1.13 bits per heavy atom. The highest BCUT2D eigenvalue weighted by Crippen LogP contribution is 2.39. The van der Waals surface area contributed by atoms with Gasteiger partial charge in [0.2, 0.25) is 5.91 Å². The fraction of sp³-hybridized carbons (Fsp3) is 0.571. The van der Waals surface area contributed by atoms with Crippen LogP contribution in [0.3, 0.4) is 0 Å². The third kappa shape index (κ3) is 3.57.